The van der Waals surface area contributed by atoms with Crippen LogP contribution in [0.5, 0.6) is 0 Å². The van der Waals surface area contributed by atoms with Crippen molar-refractivity contribution in [3.63, 3.8) is 0 Å². The van der Waals surface area contributed by atoms with Crippen molar-refractivity contribution < 1.29 is 9.90 Å². The van der Waals surface area contributed by atoms with Crippen LogP contribution in [0.1, 0.15) is 34.5 Å². The fourth-order valence-electron chi connectivity index (χ4n) is 1.90. The van der Waals surface area contributed by atoms with Crippen LogP contribution in [0.2, 0.25) is 0 Å². The minimum atomic E-state index is -0.524. The summed E-state index contributed by atoms with van der Waals surface area (Å²) < 4.78 is 0. The first-order valence-corrected chi connectivity index (χ1v) is 5.30. The molecule has 0 fully saturated rings. The first kappa shape index (κ1) is 10.8. The van der Waals surface area contributed by atoms with Crippen LogP contribution < -0.4 is 0 Å². The molecular formula is C14H14O2. The summed E-state index contributed by atoms with van der Waals surface area (Å²) in [6.07, 6.45) is 0.331. The molecule has 0 aliphatic heterocycles. The van der Waals surface area contributed by atoms with Gasteiger partial charge < -0.3 is 5.11 Å². The molecule has 0 aromatic heterocycles. The highest BCUT2D eigenvalue weighted by molar-refractivity contribution is 5.90. The normalized spacial score (nSPS) is 12.7. The number of carbonyl (C=O) groups excluding carboxylic acids is 1. The Hall–Kier alpha value is -1.67. The third-order valence-corrected chi connectivity index (χ3v) is 2.90. The summed E-state index contributed by atoms with van der Waals surface area (Å²) in [4.78, 5) is 10.9. The average molecular weight is 214 g/mol. The van der Waals surface area contributed by atoms with Gasteiger partial charge in [-0.1, -0.05) is 24.3 Å². The van der Waals surface area contributed by atoms with Gasteiger partial charge in [0, 0.05) is 5.56 Å². The molecule has 1 N–H and O–H groups in total. The zero-order valence-corrected chi connectivity index (χ0v) is 9.40. The lowest BCUT2D eigenvalue weighted by Gasteiger charge is -2.02. The van der Waals surface area contributed by atoms with E-state index >= 15 is 0 Å². The van der Waals surface area contributed by atoms with Crippen molar-refractivity contribution in [3.8, 4) is 11.1 Å². The molecule has 0 bridgehead atoms. The van der Waals surface area contributed by atoms with Crippen LogP contribution in [0.15, 0.2) is 30.3 Å². The van der Waals surface area contributed by atoms with Crippen molar-refractivity contribution in [3.05, 3.63) is 47.0 Å². The number of carbonyl (C=O) groups is 1. The standard InChI is InChI=1S/C14H14O2/c1-9-3-4-11(10(2)16)7-14-12(8-15)5-6-13(9)14/h3-8,10,16H,1-2H3/t10-/m0/s1. The van der Waals surface area contributed by atoms with E-state index in [1.54, 1.807) is 6.92 Å². The predicted octanol–water partition coefficient (Wildman–Crippen LogP) is 2.97. The second-order valence-corrected chi connectivity index (χ2v) is 4.07. The van der Waals surface area contributed by atoms with Crippen LogP contribution in [0, 0.1) is 6.92 Å². The quantitative estimate of drug-likeness (QED) is 0.780. The summed E-state index contributed by atoms with van der Waals surface area (Å²) in [6, 6.07) is 9.51. The zero-order chi connectivity index (χ0) is 11.7. The van der Waals surface area contributed by atoms with Crippen molar-refractivity contribution >= 4 is 6.29 Å². The third-order valence-electron chi connectivity index (χ3n) is 2.90. The van der Waals surface area contributed by atoms with E-state index < -0.39 is 6.10 Å². The molecule has 0 amide bonds. The van der Waals surface area contributed by atoms with Crippen LogP contribution in [0.25, 0.3) is 11.1 Å². The monoisotopic (exact) mass is 214 g/mol. The van der Waals surface area contributed by atoms with E-state index in [4.69, 9.17) is 0 Å². The van der Waals surface area contributed by atoms with Gasteiger partial charge in [0.25, 0.3) is 0 Å². The number of hydrogen-bond acceptors (Lipinski definition) is 2. The molecule has 0 unspecified atom stereocenters. The highest BCUT2D eigenvalue weighted by Crippen LogP contribution is 2.31. The summed E-state index contributed by atoms with van der Waals surface area (Å²) in [5.41, 5.74) is 4.58. The Bertz CT molecular complexity index is 501. The highest BCUT2D eigenvalue weighted by atomic mass is 16.3. The molecule has 0 spiro atoms. The van der Waals surface area contributed by atoms with Gasteiger partial charge in [0.05, 0.1) is 6.10 Å². The maximum absolute atomic E-state index is 10.9. The molecule has 2 aliphatic rings. The first-order valence-electron chi connectivity index (χ1n) is 5.30. The van der Waals surface area contributed by atoms with Crippen molar-refractivity contribution in [1.82, 2.24) is 0 Å². The fourth-order valence-corrected chi connectivity index (χ4v) is 1.90. The summed E-state index contributed by atoms with van der Waals surface area (Å²) in [6.45, 7) is 3.72. The predicted molar refractivity (Wildman–Crippen MR) is 63.8 cm³/mol. The molecule has 1 atom stereocenters. The van der Waals surface area contributed by atoms with E-state index in [0.29, 0.717) is 5.56 Å². The van der Waals surface area contributed by atoms with Gasteiger partial charge in [-0.25, -0.2) is 0 Å². The van der Waals surface area contributed by atoms with Gasteiger partial charge in [0.2, 0.25) is 0 Å². The zero-order valence-electron chi connectivity index (χ0n) is 9.40. The molecule has 0 radical (unpaired) electrons. The van der Waals surface area contributed by atoms with Crippen LogP contribution in [0.3, 0.4) is 0 Å². The Balaban J connectivity index is 2.73. The molecule has 2 rings (SSSR count). The molecule has 0 heterocycles. The van der Waals surface area contributed by atoms with Gasteiger partial charge >= 0.3 is 0 Å². The molecule has 2 nitrogen and oxygen atoms in total. The SMILES string of the molecule is Cc1ccc([C@H](C)O)cc2c(C=O)ccc1-2. The van der Waals surface area contributed by atoms with Gasteiger partial charge in [0.15, 0.2) is 6.29 Å². The Morgan fingerprint density at radius 3 is 2.56 bits per heavy atom. The van der Waals surface area contributed by atoms with Crippen molar-refractivity contribution in [2.75, 3.05) is 0 Å². The second kappa shape index (κ2) is 4.06. The van der Waals surface area contributed by atoms with Gasteiger partial charge in [-0.05, 0) is 42.2 Å². The highest BCUT2D eigenvalue weighted by Gasteiger charge is 2.12. The lowest BCUT2D eigenvalue weighted by atomic mass is 10.1. The van der Waals surface area contributed by atoms with E-state index in [9.17, 15) is 9.90 Å². The second-order valence-electron chi connectivity index (χ2n) is 4.07. The summed E-state index contributed by atoms with van der Waals surface area (Å²) >= 11 is 0. The van der Waals surface area contributed by atoms with Crippen molar-refractivity contribution in [1.29, 1.82) is 0 Å². The molecule has 2 heteroatoms. The molecule has 0 aromatic carbocycles. The Morgan fingerprint density at radius 1 is 1.19 bits per heavy atom. The van der Waals surface area contributed by atoms with Crippen LogP contribution in [-0.2, 0) is 0 Å². The number of aldehydes is 1. The van der Waals surface area contributed by atoms with Gasteiger partial charge in [-0.2, -0.15) is 0 Å². The van der Waals surface area contributed by atoms with Gasteiger partial charge in [-0.3, -0.25) is 4.79 Å². The molecule has 0 aromatic rings. The number of hydrogen-bond donors (Lipinski definition) is 1. The average Bonchev–Trinajstić information content (AvgIpc) is 2.58. The van der Waals surface area contributed by atoms with E-state index in [1.807, 2.05) is 37.3 Å². The van der Waals surface area contributed by atoms with Crippen molar-refractivity contribution in [2.24, 2.45) is 0 Å². The first-order chi connectivity index (χ1) is 7.63. The van der Waals surface area contributed by atoms with E-state index in [2.05, 4.69) is 0 Å². The summed E-state index contributed by atoms with van der Waals surface area (Å²) in [5, 5.41) is 9.60. The van der Waals surface area contributed by atoms with Crippen LogP contribution in [-0.4, -0.2) is 11.4 Å². The van der Waals surface area contributed by atoms with Gasteiger partial charge in [0.1, 0.15) is 0 Å². The number of aliphatic hydroxyl groups excluding tert-OH is 1. The number of aryl methyl sites for hydroxylation is 1. The molecule has 2 aliphatic carbocycles. The fraction of sp³-hybridized carbons (Fsp3) is 0.214. The lowest BCUT2D eigenvalue weighted by Crippen LogP contribution is -1.88. The van der Waals surface area contributed by atoms with Crippen LogP contribution in [0.4, 0.5) is 0 Å². The molecule has 16 heavy (non-hydrogen) atoms. The Morgan fingerprint density at radius 2 is 1.94 bits per heavy atom. The minimum absolute atomic E-state index is 0.524. The molecular weight excluding hydrogens is 200 g/mol. The van der Waals surface area contributed by atoms with E-state index in [-0.39, 0.29) is 0 Å². The van der Waals surface area contributed by atoms with Crippen molar-refractivity contribution in [2.45, 2.75) is 20.0 Å². The number of fused-ring (bicyclic) bond motifs is 1. The summed E-state index contributed by atoms with van der Waals surface area (Å²) in [7, 11) is 0. The third kappa shape index (κ3) is 1.72. The molecule has 0 saturated carbocycles. The Labute approximate surface area is 94.9 Å². The Kier molecular flexibility index (Phi) is 2.75. The smallest absolute Gasteiger partial charge is 0.150 e. The molecule has 82 valence electrons. The maximum Gasteiger partial charge on any atom is 0.150 e. The van der Waals surface area contributed by atoms with E-state index in [1.165, 1.54) is 0 Å². The number of rotatable bonds is 2. The van der Waals surface area contributed by atoms with Gasteiger partial charge in [-0.15, -0.1) is 0 Å². The van der Waals surface area contributed by atoms with E-state index in [0.717, 1.165) is 28.5 Å². The largest absolute Gasteiger partial charge is 0.389 e. The topological polar surface area (TPSA) is 37.3 Å². The summed E-state index contributed by atoms with van der Waals surface area (Å²) in [5.74, 6) is 0. The minimum Gasteiger partial charge on any atom is -0.389 e. The van der Waals surface area contributed by atoms with Crippen LogP contribution >= 0.6 is 0 Å². The number of aliphatic hydroxyl groups is 1. The molecule has 0 saturated heterocycles. The lowest BCUT2D eigenvalue weighted by molar-refractivity contribution is 0.112. The maximum atomic E-state index is 10.9.